The Morgan fingerprint density at radius 2 is 2.12 bits per heavy atom. The number of hydrogen-bond acceptors (Lipinski definition) is 6. The van der Waals surface area contributed by atoms with Gasteiger partial charge in [0.25, 0.3) is 0 Å². The molecule has 2 aliphatic rings. The molecule has 1 N–H and O–H groups in total. The minimum Gasteiger partial charge on any atom is -0.392 e. The molecule has 134 valence electrons. The number of hydrogen-bond donors (Lipinski definition) is 1. The number of thioether (sulfide) groups is 1. The SMILES string of the molecule is CCOC1CC(O)C12CCN(c1ncnc3ccc(SC)cc13)CC2. The van der Waals surface area contributed by atoms with E-state index in [0.717, 1.165) is 55.7 Å². The second kappa shape index (κ2) is 6.74. The molecule has 1 saturated heterocycles. The molecule has 1 spiro atoms. The van der Waals surface area contributed by atoms with E-state index in [9.17, 15) is 5.11 Å². The summed E-state index contributed by atoms with van der Waals surface area (Å²) in [5.41, 5.74) is 0.929. The Kier molecular flexibility index (Phi) is 4.60. The van der Waals surface area contributed by atoms with Crippen LogP contribution >= 0.6 is 11.8 Å². The van der Waals surface area contributed by atoms with Crippen LogP contribution in [0.4, 0.5) is 5.82 Å². The van der Waals surface area contributed by atoms with Crippen LogP contribution in [0.3, 0.4) is 0 Å². The van der Waals surface area contributed by atoms with E-state index in [2.05, 4.69) is 39.3 Å². The summed E-state index contributed by atoms with van der Waals surface area (Å²) in [4.78, 5) is 12.6. The number of aliphatic hydroxyl groups excluding tert-OH is 1. The molecule has 2 atom stereocenters. The molecule has 0 amide bonds. The van der Waals surface area contributed by atoms with Crippen LogP contribution in [-0.4, -0.2) is 53.2 Å². The van der Waals surface area contributed by atoms with E-state index in [4.69, 9.17) is 4.74 Å². The molecule has 1 aromatic carbocycles. The fourth-order valence-electron chi connectivity index (χ4n) is 4.35. The standard InChI is InChI=1S/C19H25N3O2S/c1-3-24-17-11-16(23)19(17)6-8-22(9-7-19)18-14-10-13(25-2)4-5-15(14)20-12-21-18/h4-5,10,12,16-17,23H,3,6-9,11H2,1-2H3. The zero-order valence-electron chi connectivity index (χ0n) is 14.8. The molecule has 2 fully saturated rings. The summed E-state index contributed by atoms with van der Waals surface area (Å²) in [6.07, 6.45) is 6.40. The first kappa shape index (κ1) is 17.1. The van der Waals surface area contributed by atoms with Gasteiger partial charge in [-0.25, -0.2) is 9.97 Å². The van der Waals surface area contributed by atoms with Crippen molar-refractivity contribution in [2.75, 3.05) is 30.9 Å². The van der Waals surface area contributed by atoms with Crippen LogP contribution in [-0.2, 0) is 4.74 Å². The number of nitrogens with zero attached hydrogens (tertiary/aromatic N) is 3. The fraction of sp³-hybridized carbons (Fsp3) is 0.579. The summed E-state index contributed by atoms with van der Waals surface area (Å²) >= 11 is 1.73. The summed E-state index contributed by atoms with van der Waals surface area (Å²) in [5.74, 6) is 1.01. The summed E-state index contributed by atoms with van der Waals surface area (Å²) in [5, 5.41) is 11.5. The first-order valence-electron chi connectivity index (χ1n) is 9.01. The van der Waals surface area contributed by atoms with Gasteiger partial charge in [-0.05, 0) is 44.2 Å². The van der Waals surface area contributed by atoms with Crippen molar-refractivity contribution in [3.05, 3.63) is 24.5 Å². The van der Waals surface area contributed by atoms with Crippen LogP contribution in [0.15, 0.2) is 29.4 Å². The smallest absolute Gasteiger partial charge is 0.139 e. The molecule has 5 nitrogen and oxygen atoms in total. The van der Waals surface area contributed by atoms with Crippen molar-refractivity contribution >= 4 is 28.5 Å². The second-order valence-corrected chi connectivity index (χ2v) is 7.88. The first-order valence-corrected chi connectivity index (χ1v) is 10.2. The quantitative estimate of drug-likeness (QED) is 0.847. The normalized spacial score (nSPS) is 25.3. The molecule has 0 bridgehead atoms. The van der Waals surface area contributed by atoms with Gasteiger partial charge >= 0.3 is 0 Å². The number of rotatable bonds is 4. The number of benzene rings is 1. The van der Waals surface area contributed by atoms with Gasteiger partial charge in [-0.3, -0.25) is 0 Å². The predicted octanol–water partition coefficient (Wildman–Crippen LogP) is 3.11. The molecule has 2 unspecified atom stereocenters. The van der Waals surface area contributed by atoms with E-state index in [1.807, 2.05) is 6.92 Å². The highest BCUT2D eigenvalue weighted by Crippen LogP contribution is 2.51. The highest BCUT2D eigenvalue weighted by molar-refractivity contribution is 7.98. The van der Waals surface area contributed by atoms with Crippen LogP contribution in [0.25, 0.3) is 10.9 Å². The number of aromatic nitrogens is 2. The monoisotopic (exact) mass is 359 g/mol. The fourth-order valence-corrected chi connectivity index (χ4v) is 4.79. The van der Waals surface area contributed by atoms with Crippen molar-refractivity contribution in [3.63, 3.8) is 0 Å². The van der Waals surface area contributed by atoms with E-state index in [-0.39, 0.29) is 17.6 Å². The Hall–Kier alpha value is -1.37. The Labute approximate surface area is 152 Å². The van der Waals surface area contributed by atoms with Gasteiger partial charge in [-0.1, -0.05) is 0 Å². The average Bonchev–Trinajstić information content (AvgIpc) is 2.67. The Morgan fingerprint density at radius 3 is 2.80 bits per heavy atom. The van der Waals surface area contributed by atoms with E-state index >= 15 is 0 Å². The maximum atomic E-state index is 10.4. The number of aliphatic hydroxyl groups is 1. The van der Waals surface area contributed by atoms with Gasteiger partial charge < -0.3 is 14.7 Å². The van der Waals surface area contributed by atoms with Gasteiger partial charge in [-0.15, -0.1) is 11.8 Å². The Morgan fingerprint density at radius 1 is 1.32 bits per heavy atom. The minimum absolute atomic E-state index is 0.0558. The van der Waals surface area contributed by atoms with E-state index in [1.54, 1.807) is 18.1 Å². The highest BCUT2D eigenvalue weighted by atomic mass is 32.2. The van der Waals surface area contributed by atoms with E-state index in [1.165, 1.54) is 4.90 Å². The highest BCUT2D eigenvalue weighted by Gasteiger charge is 2.56. The molecular weight excluding hydrogens is 334 g/mol. The molecule has 1 aromatic heterocycles. The molecule has 1 aliphatic heterocycles. The number of ether oxygens (including phenoxy) is 1. The van der Waals surface area contributed by atoms with Crippen molar-refractivity contribution in [2.24, 2.45) is 5.41 Å². The third-order valence-electron chi connectivity index (χ3n) is 5.93. The van der Waals surface area contributed by atoms with Crippen LogP contribution in [0, 0.1) is 5.41 Å². The summed E-state index contributed by atoms with van der Waals surface area (Å²) < 4.78 is 5.88. The number of piperidine rings is 1. The molecule has 4 rings (SSSR count). The zero-order chi connectivity index (χ0) is 17.4. The molecule has 0 radical (unpaired) electrons. The Balaban J connectivity index is 1.58. The largest absolute Gasteiger partial charge is 0.392 e. The van der Waals surface area contributed by atoms with Gasteiger partial charge in [0.05, 0.1) is 17.7 Å². The second-order valence-electron chi connectivity index (χ2n) is 7.00. The third kappa shape index (κ3) is 2.80. The van der Waals surface area contributed by atoms with E-state index < -0.39 is 0 Å². The third-order valence-corrected chi connectivity index (χ3v) is 6.65. The molecule has 2 heterocycles. The summed E-state index contributed by atoms with van der Waals surface area (Å²) in [7, 11) is 0. The maximum absolute atomic E-state index is 10.4. The van der Waals surface area contributed by atoms with Gasteiger partial charge in [0.2, 0.25) is 0 Å². The van der Waals surface area contributed by atoms with Gasteiger partial charge in [0.15, 0.2) is 0 Å². The van der Waals surface area contributed by atoms with Crippen LogP contribution in [0.2, 0.25) is 0 Å². The number of fused-ring (bicyclic) bond motifs is 1. The first-order chi connectivity index (χ1) is 12.2. The molecule has 1 saturated carbocycles. The van der Waals surface area contributed by atoms with Crippen molar-refractivity contribution in [1.29, 1.82) is 0 Å². The van der Waals surface area contributed by atoms with Gasteiger partial charge in [0.1, 0.15) is 12.1 Å². The van der Waals surface area contributed by atoms with Crippen LogP contribution < -0.4 is 4.90 Å². The van der Waals surface area contributed by atoms with Crippen LogP contribution in [0.1, 0.15) is 26.2 Å². The molecule has 6 heteroatoms. The topological polar surface area (TPSA) is 58.5 Å². The number of anilines is 1. The Bertz CT molecular complexity index is 759. The zero-order valence-corrected chi connectivity index (χ0v) is 15.6. The minimum atomic E-state index is -0.226. The lowest BCUT2D eigenvalue weighted by molar-refractivity contribution is -0.199. The lowest BCUT2D eigenvalue weighted by Gasteiger charge is -2.56. The van der Waals surface area contributed by atoms with Crippen LogP contribution in [0.5, 0.6) is 0 Å². The van der Waals surface area contributed by atoms with Gasteiger partial charge in [-0.2, -0.15) is 0 Å². The summed E-state index contributed by atoms with van der Waals surface area (Å²) in [6, 6.07) is 6.35. The molecule has 2 aromatic rings. The van der Waals surface area contributed by atoms with Gasteiger partial charge in [0, 0.05) is 41.8 Å². The lowest BCUT2D eigenvalue weighted by Crippen LogP contribution is -2.62. The summed E-state index contributed by atoms with van der Waals surface area (Å²) in [6.45, 7) is 4.55. The van der Waals surface area contributed by atoms with E-state index in [0.29, 0.717) is 0 Å². The van der Waals surface area contributed by atoms with Crippen molar-refractivity contribution < 1.29 is 9.84 Å². The predicted molar refractivity (Wildman–Crippen MR) is 101 cm³/mol. The average molecular weight is 359 g/mol. The van der Waals surface area contributed by atoms with Crippen molar-refractivity contribution in [2.45, 2.75) is 43.3 Å². The molecule has 25 heavy (non-hydrogen) atoms. The molecular formula is C19H25N3O2S. The maximum Gasteiger partial charge on any atom is 0.139 e. The molecule has 1 aliphatic carbocycles. The van der Waals surface area contributed by atoms with Crippen molar-refractivity contribution in [1.82, 2.24) is 9.97 Å². The van der Waals surface area contributed by atoms with Crippen molar-refractivity contribution in [3.8, 4) is 0 Å². The lowest BCUT2D eigenvalue weighted by atomic mass is 9.58.